The van der Waals surface area contributed by atoms with Gasteiger partial charge >= 0.3 is 0 Å². The van der Waals surface area contributed by atoms with E-state index in [9.17, 15) is 0 Å². The molecule has 1 aromatic heterocycles. The molecule has 1 aliphatic carbocycles. The second-order valence-electron chi connectivity index (χ2n) is 3.52. The van der Waals surface area contributed by atoms with Crippen LogP contribution in [0.2, 0.25) is 0 Å². The van der Waals surface area contributed by atoms with Crippen LogP contribution in [0.4, 0.5) is 0 Å². The first kappa shape index (κ1) is 8.11. The maximum absolute atomic E-state index is 6.03. The molecule has 3 heteroatoms. The minimum absolute atomic E-state index is 0.372. The molecule has 0 N–H and O–H groups in total. The lowest BCUT2D eigenvalue weighted by molar-refractivity contribution is 0.658. The van der Waals surface area contributed by atoms with E-state index in [2.05, 4.69) is 11.2 Å². The number of aryl methyl sites for hydroxylation is 1. The summed E-state index contributed by atoms with van der Waals surface area (Å²) < 4.78 is 1.86. The number of nitrogens with zero attached hydrogens (tertiary/aromatic N) is 2. The molecule has 0 amide bonds. The molecule has 12 heavy (non-hydrogen) atoms. The fraction of sp³-hybridized carbons (Fsp3) is 0.667. The fourth-order valence-corrected chi connectivity index (χ4v) is 2.19. The minimum atomic E-state index is 0.372. The average molecular weight is 185 g/mol. The Hall–Kier alpha value is -0.500. The zero-order chi connectivity index (χ0) is 8.55. The van der Waals surface area contributed by atoms with Crippen molar-refractivity contribution in [1.29, 1.82) is 0 Å². The van der Waals surface area contributed by atoms with Gasteiger partial charge in [-0.15, -0.1) is 11.6 Å². The third-order valence-corrected chi connectivity index (χ3v) is 2.92. The quantitative estimate of drug-likeness (QED) is 0.613. The molecule has 2 atom stereocenters. The predicted molar refractivity (Wildman–Crippen MR) is 49.4 cm³/mol. The highest BCUT2D eigenvalue weighted by Gasteiger charge is 2.25. The van der Waals surface area contributed by atoms with Crippen LogP contribution in [0.5, 0.6) is 0 Å². The Kier molecular flexibility index (Phi) is 2.09. The van der Waals surface area contributed by atoms with Crippen LogP contribution >= 0.6 is 11.6 Å². The summed E-state index contributed by atoms with van der Waals surface area (Å²) in [5.74, 6) is 0.605. The van der Waals surface area contributed by atoms with Gasteiger partial charge in [0.2, 0.25) is 0 Å². The number of rotatable bonds is 1. The van der Waals surface area contributed by atoms with Crippen molar-refractivity contribution in [2.75, 3.05) is 0 Å². The lowest BCUT2D eigenvalue weighted by Crippen LogP contribution is -1.97. The van der Waals surface area contributed by atoms with Gasteiger partial charge in [0, 0.05) is 24.5 Å². The number of aromatic nitrogens is 2. The summed E-state index contributed by atoms with van der Waals surface area (Å²) >= 11 is 6.03. The van der Waals surface area contributed by atoms with Gasteiger partial charge < -0.3 is 0 Å². The Morgan fingerprint density at radius 1 is 1.58 bits per heavy atom. The van der Waals surface area contributed by atoms with E-state index >= 15 is 0 Å². The molecule has 66 valence electrons. The van der Waals surface area contributed by atoms with E-state index in [0.29, 0.717) is 11.3 Å². The summed E-state index contributed by atoms with van der Waals surface area (Å²) in [7, 11) is 1.95. The molecule has 0 spiro atoms. The van der Waals surface area contributed by atoms with Crippen molar-refractivity contribution in [2.24, 2.45) is 7.05 Å². The highest BCUT2D eigenvalue weighted by molar-refractivity contribution is 6.20. The van der Waals surface area contributed by atoms with Crippen LogP contribution in [0.15, 0.2) is 12.3 Å². The van der Waals surface area contributed by atoms with Gasteiger partial charge in [0.25, 0.3) is 0 Å². The van der Waals surface area contributed by atoms with Crippen LogP contribution < -0.4 is 0 Å². The highest BCUT2D eigenvalue weighted by Crippen LogP contribution is 2.35. The molecule has 1 aromatic rings. The smallest absolute Gasteiger partial charge is 0.0655 e. The van der Waals surface area contributed by atoms with Crippen LogP contribution in [-0.2, 0) is 7.05 Å². The van der Waals surface area contributed by atoms with E-state index in [1.807, 2.05) is 17.9 Å². The van der Waals surface area contributed by atoms with Crippen molar-refractivity contribution in [3.8, 4) is 0 Å². The molecule has 1 aliphatic rings. The van der Waals surface area contributed by atoms with Gasteiger partial charge in [0.1, 0.15) is 0 Å². The first-order valence-electron chi connectivity index (χ1n) is 4.39. The summed E-state index contributed by atoms with van der Waals surface area (Å²) in [6.07, 6.45) is 5.43. The molecule has 0 radical (unpaired) electrons. The van der Waals surface area contributed by atoms with Crippen LogP contribution in [0.3, 0.4) is 0 Å². The van der Waals surface area contributed by atoms with Gasteiger partial charge in [-0.3, -0.25) is 4.68 Å². The Morgan fingerprint density at radius 3 is 2.92 bits per heavy atom. The Bertz CT molecular complexity index is 269. The van der Waals surface area contributed by atoms with Crippen LogP contribution in [0.1, 0.15) is 30.9 Å². The summed E-state index contributed by atoms with van der Waals surface area (Å²) in [4.78, 5) is 0. The van der Waals surface area contributed by atoms with Gasteiger partial charge in [-0.2, -0.15) is 5.10 Å². The van der Waals surface area contributed by atoms with Gasteiger partial charge in [-0.25, -0.2) is 0 Å². The third-order valence-electron chi connectivity index (χ3n) is 2.52. The average Bonchev–Trinajstić information content (AvgIpc) is 2.58. The second-order valence-corrected chi connectivity index (χ2v) is 4.14. The van der Waals surface area contributed by atoms with E-state index in [-0.39, 0.29) is 0 Å². The fourth-order valence-electron chi connectivity index (χ4n) is 1.85. The van der Waals surface area contributed by atoms with E-state index in [0.717, 1.165) is 12.8 Å². The molecule has 0 aromatic carbocycles. The van der Waals surface area contributed by atoms with Crippen LogP contribution in [-0.4, -0.2) is 15.2 Å². The Balaban J connectivity index is 2.11. The molecule has 2 nitrogen and oxygen atoms in total. The molecule has 0 saturated heterocycles. The SMILES string of the molecule is Cn1ccc(C2CCC(Cl)C2)n1. The number of hydrogen-bond donors (Lipinski definition) is 0. The van der Waals surface area contributed by atoms with E-state index < -0.39 is 0 Å². The van der Waals surface area contributed by atoms with Crippen molar-refractivity contribution >= 4 is 11.6 Å². The normalized spacial score (nSPS) is 29.5. The lowest BCUT2D eigenvalue weighted by atomic mass is 10.1. The predicted octanol–water partition coefficient (Wildman–Crippen LogP) is 2.29. The zero-order valence-electron chi connectivity index (χ0n) is 7.20. The van der Waals surface area contributed by atoms with Crippen molar-refractivity contribution < 1.29 is 0 Å². The van der Waals surface area contributed by atoms with E-state index in [1.54, 1.807) is 0 Å². The van der Waals surface area contributed by atoms with Crippen molar-refractivity contribution in [1.82, 2.24) is 9.78 Å². The first-order chi connectivity index (χ1) is 5.75. The largest absolute Gasteiger partial charge is 0.276 e. The molecule has 1 heterocycles. The number of halogens is 1. The lowest BCUT2D eigenvalue weighted by Gasteiger charge is -2.03. The van der Waals surface area contributed by atoms with Crippen molar-refractivity contribution in [3.05, 3.63) is 18.0 Å². The van der Waals surface area contributed by atoms with Crippen LogP contribution in [0.25, 0.3) is 0 Å². The monoisotopic (exact) mass is 184 g/mol. The van der Waals surface area contributed by atoms with Gasteiger partial charge in [-0.05, 0) is 25.3 Å². The molecule has 2 unspecified atom stereocenters. The molecular formula is C9H13ClN2. The summed E-state index contributed by atoms with van der Waals surface area (Å²) in [6.45, 7) is 0. The Morgan fingerprint density at radius 2 is 2.42 bits per heavy atom. The van der Waals surface area contributed by atoms with E-state index in [1.165, 1.54) is 12.1 Å². The van der Waals surface area contributed by atoms with Crippen molar-refractivity contribution in [3.63, 3.8) is 0 Å². The maximum atomic E-state index is 6.03. The minimum Gasteiger partial charge on any atom is -0.276 e. The molecule has 2 rings (SSSR count). The third kappa shape index (κ3) is 1.48. The summed E-state index contributed by atoms with van der Waals surface area (Å²) in [5, 5.41) is 4.76. The van der Waals surface area contributed by atoms with Crippen LogP contribution in [0, 0.1) is 0 Å². The molecule has 1 fully saturated rings. The van der Waals surface area contributed by atoms with E-state index in [4.69, 9.17) is 11.6 Å². The molecule has 1 saturated carbocycles. The first-order valence-corrected chi connectivity index (χ1v) is 4.83. The van der Waals surface area contributed by atoms with Crippen molar-refractivity contribution in [2.45, 2.75) is 30.6 Å². The zero-order valence-corrected chi connectivity index (χ0v) is 7.96. The molecule has 0 bridgehead atoms. The maximum Gasteiger partial charge on any atom is 0.0655 e. The highest BCUT2D eigenvalue weighted by atomic mass is 35.5. The number of alkyl halides is 1. The summed E-state index contributed by atoms with van der Waals surface area (Å²) in [6, 6.07) is 2.10. The molecule has 0 aliphatic heterocycles. The topological polar surface area (TPSA) is 17.8 Å². The second kappa shape index (κ2) is 3.09. The van der Waals surface area contributed by atoms with Gasteiger partial charge in [0.05, 0.1) is 5.69 Å². The van der Waals surface area contributed by atoms with Gasteiger partial charge in [0.15, 0.2) is 0 Å². The van der Waals surface area contributed by atoms with Gasteiger partial charge in [-0.1, -0.05) is 0 Å². The number of hydrogen-bond acceptors (Lipinski definition) is 1. The Labute approximate surface area is 77.5 Å². The standard InChI is InChI=1S/C9H13ClN2/c1-12-5-4-9(11-12)7-2-3-8(10)6-7/h4-5,7-8H,2-3,6H2,1H3. The summed E-state index contributed by atoms with van der Waals surface area (Å²) in [5.41, 5.74) is 1.21. The molecular weight excluding hydrogens is 172 g/mol.